The van der Waals surface area contributed by atoms with Crippen molar-refractivity contribution in [2.45, 2.75) is 33.6 Å². The summed E-state index contributed by atoms with van der Waals surface area (Å²) in [6.45, 7) is 8.83. The van der Waals surface area contributed by atoms with Gasteiger partial charge in [-0.1, -0.05) is 33.6 Å². The molecule has 0 spiro atoms. The van der Waals surface area contributed by atoms with Crippen molar-refractivity contribution in [3.63, 3.8) is 0 Å². The number of hydrogen-bond donors (Lipinski definition) is 2. The van der Waals surface area contributed by atoms with E-state index in [-0.39, 0.29) is 6.61 Å². The second-order valence-electron chi connectivity index (χ2n) is 3.63. The molecule has 0 fully saturated rings. The highest BCUT2D eigenvalue weighted by molar-refractivity contribution is 4.60. The van der Waals surface area contributed by atoms with Gasteiger partial charge in [-0.2, -0.15) is 0 Å². The maximum absolute atomic E-state index is 8.77. The molecule has 2 nitrogen and oxygen atoms in total. The van der Waals surface area contributed by atoms with Gasteiger partial charge in [-0.25, -0.2) is 0 Å². The van der Waals surface area contributed by atoms with Crippen molar-refractivity contribution in [1.29, 1.82) is 0 Å². The van der Waals surface area contributed by atoms with Crippen LogP contribution in [0.25, 0.3) is 0 Å². The number of aliphatic hydroxyl groups excluding tert-OH is 1. The Morgan fingerprint density at radius 3 is 2.17 bits per heavy atom. The Labute approximate surface area is 76.4 Å². The van der Waals surface area contributed by atoms with Crippen molar-refractivity contribution in [1.82, 2.24) is 5.32 Å². The smallest absolute Gasteiger partial charge is 0.0468 e. The van der Waals surface area contributed by atoms with Crippen LogP contribution in [0.4, 0.5) is 0 Å². The molecule has 0 saturated carbocycles. The Morgan fingerprint density at radius 2 is 1.75 bits per heavy atom. The third-order valence-electron chi connectivity index (χ3n) is 2.39. The first kappa shape index (κ1) is 11.9. The van der Waals surface area contributed by atoms with Crippen molar-refractivity contribution in [2.75, 3.05) is 19.7 Å². The lowest BCUT2D eigenvalue weighted by atomic mass is 10.0. The van der Waals surface area contributed by atoms with Gasteiger partial charge in [0, 0.05) is 6.61 Å². The van der Waals surface area contributed by atoms with Crippen LogP contribution in [0.3, 0.4) is 0 Å². The quantitative estimate of drug-likeness (QED) is 0.613. The van der Waals surface area contributed by atoms with Gasteiger partial charge in [0.05, 0.1) is 0 Å². The summed E-state index contributed by atoms with van der Waals surface area (Å²) in [5.74, 6) is 1.19. The summed E-state index contributed by atoms with van der Waals surface area (Å²) in [6, 6.07) is 0. The van der Waals surface area contributed by atoms with Crippen molar-refractivity contribution >= 4 is 0 Å². The minimum absolute atomic E-state index is 0.288. The van der Waals surface area contributed by atoms with Crippen LogP contribution in [-0.2, 0) is 0 Å². The van der Waals surface area contributed by atoms with E-state index in [0.717, 1.165) is 19.0 Å². The Kier molecular flexibility index (Phi) is 7.51. The Morgan fingerprint density at radius 1 is 1.17 bits per heavy atom. The molecule has 0 amide bonds. The van der Waals surface area contributed by atoms with Crippen LogP contribution in [0.1, 0.15) is 33.6 Å². The highest BCUT2D eigenvalue weighted by atomic mass is 16.3. The van der Waals surface area contributed by atoms with Crippen LogP contribution in [0.2, 0.25) is 0 Å². The zero-order valence-electron chi connectivity index (χ0n) is 8.64. The van der Waals surface area contributed by atoms with Gasteiger partial charge in [-0.15, -0.1) is 0 Å². The molecular weight excluding hydrogens is 150 g/mol. The first-order chi connectivity index (χ1) is 5.74. The van der Waals surface area contributed by atoms with Gasteiger partial charge in [-0.05, 0) is 24.9 Å². The Hall–Kier alpha value is -0.0800. The first-order valence-electron chi connectivity index (χ1n) is 5.06. The molecule has 74 valence electrons. The summed E-state index contributed by atoms with van der Waals surface area (Å²) in [5, 5.41) is 12.2. The molecule has 0 aliphatic heterocycles. The Bertz CT molecular complexity index is 91.8. The average Bonchev–Trinajstić information content (AvgIpc) is 2.12. The van der Waals surface area contributed by atoms with Gasteiger partial charge in [0.25, 0.3) is 0 Å². The second-order valence-corrected chi connectivity index (χ2v) is 3.63. The van der Waals surface area contributed by atoms with Gasteiger partial charge < -0.3 is 10.4 Å². The standard InChI is InChI=1S/C10H23NO/c1-4-10(5-2)7-11-6-9(3)8-12/h9-12H,4-8H2,1-3H3. The summed E-state index contributed by atoms with van der Waals surface area (Å²) in [7, 11) is 0. The minimum atomic E-state index is 0.288. The lowest BCUT2D eigenvalue weighted by Gasteiger charge is -2.15. The molecule has 0 saturated heterocycles. The topological polar surface area (TPSA) is 32.3 Å². The Balaban J connectivity index is 3.28. The van der Waals surface area contributed by atoms with Crippen molar-refractivity contribution in [2.24, 2.45) is 11.8 Å². The molecule has 0 rings (SSSR count). The first-order valence-corrected chi connectivity index (χ1v) is 5.06. The zero-order chi connectivity index (χ0) is 9.40. The van der Waals surface area contributed by atoms with E-state index in [1.54, 1.807) is 0 Å². The van der Waals surface area contributed by atoms with Crippen LogP contribution < -0.4 is 5.32 Å². The highest BCUT2D eigenvalue weighted by Gasteiger charge is 2.03. The minimum Gasteiger partial charge on any atom is -0.396 e. The average molecular weight is 173 g/mol. The zero-order valence-corrected chi connectivity index (χ0v) is 8.64. The molecule has 0 bridgehead atoms. The molecule has 0 aliphatic rings. The summed E-state index contributed by atoms with van der Waals surface area (Å²) in [4.78, 5) is 0. The van der Waals surface area contributed by atoms with Crippen LogP contribution in [0.5, 0.6) is 0 Å². The normalized spacial score (nSPS) is 13.8. The predicted octanol–water partition coefficient (Wildman–Crippen LogP) is 1.64. The number of aliphatic hydroxyl groups is 1. The summed E-state index contributed by atoms with van der Waals surface area (Å²) in [6.07, 6.45) is 2.49. The molecule has 2 N–H and O–H groups in total. The van der Waals surface area contributed by atoms with E-state index >= 15 is 0 Å². The van der Waals surface area contributed by atoms with Crippen molar-refractivity contribution in [3.8, 4) is 0 Å². The maximum Gasteiger partial charge on any atom is 0.0468 e. The molecule has 1 unspecified atom stereocenters. The van der Waals surface area contributed by atoms with Crippen LogP contribution in [0, 0.1) is 11.8 Å². The van der Waals surface area contributed by atoms with Crippen LogP contribution in [0.15, 0.2) is 0 Å². The molecule has 12 heavy (non-hydrogen) atoms. The van der Waals surface area contributed by atoms with E-state index in [1.807, 2.05) is 0 Å². The van der Waals surface area contributed by atoms with Gasteiger partial charge >= 0.3 is 0 Å². The molecule has 0 radical (unpaired) electrons. The van der Waals surface area contributed by atoms with E-state index in [2.05, 4.69) is 26.1 Å². The van der Waals surface area contributed by atoms with E-state index in [1.165, 1.54) is 12.8 Å². The summed E-state index contributed by atoms with van der Waals surface area (Å²) < 4.78 is 0. The predicted molar refractivity (Wildman–Crippen MR) is 53.2 cm³/mol. The van der Waals surface area contributed by atoms with E-state index < -0.39 is 0 Å². The van der Waals surface area contributed by atoms with E-state index in [9.17, 15) is 0 Å². The SMILES string of the molecule is CCC(CC)CNCC(C)CO. The molecule has 2 heteroatoms. The lowest BCUT2D eigenvalue weighted by molar-refractivity contribution is 0.231. The van der Waals surface area contributed by atoms with Gasteiger partial charge in [0.15, 0.2) is 0 Å². The maximum atomic E-state index is 8.77. The summed E-state index contributed by atoms with van der Waals surface area (Å²) >= 11 is 0. The molecular formula is C10H23NO. The van der Waals surface area contributed by atoms with Crippen molar-refractivity contribution in [3.05, 3.63) is 0 Å². The fourth-order valence-corrected chi connectivity index (χ4v) is 1.18. The molecule has 0 aromatic rings. The van der Waals surface area contributed by atoms with Gasteiger partial charge in [-0.3, -0.25) is 0 Å². The summed E-state index contributed by atoms with van der Waals surface area (Å²) in [5.41, 5.74) is 0. The molecule has 0 heterocycles. The van der Waals surface area contributed by atoms with Crippen LogP contribution >= 0.6 is 0 Å². The van der Waals surface area contributed by atoms with Gasteiger partial charge in [0.1, 0.15) is 0 Å². The van der Waals surface area contributed by atoms with E-state index in [4.69, 9.17) is 5.11 Å². The highest BCUT2D eigenvalue weighted by Crippen LogP contribution is 2.05. The third kappa shape index (κ3) is 5.56. The van der Waals surface area contributed by atoms with E-state index in [0.29, 0.717) is 5.92 Å². The lowest BCUT2D eigenvalue weighted by Crippen LogP contribution is -2.28. The fraction of sp³-hybridized carbons (Fsp3) is 1.00. The van der Waals surface area contributed by atoms with Crippen molar-refractivity contribution < 1.29 is 5.11 Å². The fourth-order valence-electron chi connectivity index (χ4n) is 1.18. The molecule has 0 aromatic heterocycles. The number of hydrogen-bond acceptors (Lipinski definition) is 2. The van der Waals surface area contributed by atoms with Gasteiger partial charge in [0.2, 0.25) is 0 Å². The number of nitrogens with one attached hydrogen (secondary N) is 1. The largest absolute Gasteiger partial charge is 0.396 e. The third-order valence-corrected chi connectivity index (χ3v) is 2.39. The molecule has 0 aliphatic carbocycles. The monoisotopic (exact) mass is 173 g/mol. The second kappa shape index (κ2) is 7.56. The molecule has 1 atom stereocenters. The van der Waals surface area contributed by atoms with Crippen LogP contribution in [-0.4, -0.2) is 24.8 Å². The molecule has 0 aromatic carbocycles. The number of rotatable bonds is 7.